The monoisotopic (exact) mass is 444 g/mol. The summed E-state index contributed by atoms with van der Waals surface area (Å²) in [6.07, 6.45) is 5.13. The number of aromatic nitrogens is 1. The van der Waals surface area contributed by atoms with E-state index in [-0.39, 0.29) is 24.0 Å². The average molecular weight is 444 g/mol. The van der Waals surface area contributed by atoms with Crippen LogP contribution in [0.15, 0.2) is 41.5 Å². The number of halogens is 1. The van der Waals surface area contributed by atoms with Crippen molar-refractivity contribution in [2.75, 3.05) is 25.1 Å². The van der Waals surface area contributed by atoms with Gasteiger partial charge in [-0.05, 0) is 43.0 Å². The summed E-state index contributed by atoms with van der Waals surface area (Å²) in [7, 11) is 0. The third-order valence-corrected chi connectivity index (χ3v) is 4.01. The van der Waals surface area contributed by atoms with Gasteiger partial charge in [0.2, 0.25) is 0 Å². The predicted molar refractivity (Wildman–Crippen MR) is 113 cm³/mol. The van der Waals surface area contributed by atoms with Crippen LogP contribution in [0.5, 0.6) is 0 Å². The number of guanidine groups is 1. The molecule has 0 spiro atoms. The fourth-order valence-corrected chi connectivity index (χ4v) is 2.66. The summed E-state index contributed by atoms with van der Waals surface area (Å²) in [5.41, 5.74) is 2.22. The van der Waals surface area contributed by atoms with Gasteiger partial charge < -0.3 is 10.6 Å². The molecule has 23 heavy (non-hydrogen) atoms. The van der Waals surface area contributed by atoms with Crippen molar-refractivity contribution in [1.82, 2.24) is 15.6 Å². The molecule has 0 radical (unpaired) electrons. The Labute approximate surface area is 160 Å². The molecule has 0 aliphatic rings. The molecule has 0 saturated carbocycles. The van der Waals surface area contributed by atoms with Crippen LogP contribution in [-0.2, 0) is 6.54 Å². The van der Waals surface area contributed by atoms with Crippen LogP contribution in [0.1, 0.15) is 18.9 Å². The molecule has 0 unspecified atom stereocenters. The average Bonchev–Trinajstić information content (AvgIpc) is 2.56. The van der Waals surface area contributed by atoms with E-state index in [9.17, 15) is 0 Å². The summed E-state index contributed by atoms with van der Waals surface area (Å²) in [6.45, 7) is 4.55. The fourth-order valence-electron chi connectivity index (χ4n) is 2.22. The summed E-state index contributed by atoms with van der Waals surface area (Å²) in [5.74, 6) is 2.05. The van der Waals surface area contributed by atoms with Gasteiger partial charge in [-0.1, -0.05) is 18.2 Å². The Morgan fingerprint density at radius 3 is 2.83 bits per heavy atom. The number of hydrogen-bond donors (Lipinski definition) is 2. The van der Waals surface area contributed by atoms with Crippen molar-refractivity contribution in [3.05, 3.63) is 42.1 Å². The zero-order chi connectivity index (χ0) is 15.6. The Bertz CT molecular complexity index is 613. The number of benzene rings is 1. The largest absolute Gasteiger partial charge is 0.357 e. The van der Waals surface area contributed by atoms with Gasteiger partial charge in [-0.25, -0.2) is 4.99 Å². The standard InChI is InChI=1S/C17H24N4S.HI/c1-3-18-17(20-10-6-12-22-2)21-13-14-9-11-19-16-8-5-4-7-15(14)16;/h4-5,7-9,11H,3,6,10,12-13H2,1-2H3,(H2,18,20,21);1H. The normalized spacial score (nSPS) is 11.1. The highest BCUT2D eigenvalue weighted by atomic mass is 127. The van der Waals surface area contributed by atoms with Gasteiger partial charge in [-0.3, -0.25) is 4.98 Å². The smallest absolute Gasteiger partial charge is 0.191 e. The third-order valence-electron chi connectivity index (χ3n) is 3.31. The van der Waals surface area contributed by atoms with Crippen LogP contribution in [-0.4, -0.2) is 36.0 Å². The number of rotatable bonds is 7. The van der Waals surface area contributed by atoms with Crippen LogP contribution in [0.25, 0.3) is 10.9 Å². The summed E-state index contributed by atoms with van der Waals surface area (Å²) in [6, 6.07) is 10.2. The Balaban J connectivity index is 0.00000264. The molecule has 2 N–H and O–H groups in total. The van der Waals surface area contributed by atoms with Gasteiger partial charge in [0.05, 0.1) is 12.1 Å². The van der Waals surface area contributed by atoms with Crippen LogP contribution in [0.3, 0.4) is 0 Å². The van der Waals surface area contributed by atoms with E-state index < -0.39 is 0 Å². The van der Waals surface area contributed by atoms with Gasteiger partial charge in [0, 0.05) is 24.7 Å². The first kappa shape index (κ1) is 20.0. The van der Waals surface area contributed by atoms with Crippen molar-refractivity contribution in [2.24, 2.45) is 4.99 Å². The number of nitrogens with one attached hydrogen (secondary N) is 2. The number of fused-ring (bicyclic) bond motifs is 1. The maximum Gasteiger partial charge on any atom is 0.191 e. The van der Waals surface area contributed by atoms with Crippen LogP contribution in [0, 0.1) is 0 Å². The minimum Gasteiger partial charge on any atom is -0.357 e. The highest BCUT2D eigenvalue weighted by Gasteiger charge is 2.02. The summed E-state index contributed by atoms with van der Waals surface area (Å²) < 4.78 is 0. The molecule has 2 rings (SSSR count). The zero-order valence-corrected chi connectivity index (χ0v) is 16.9. The van der Waals surface area contributed by atoms with Crippen molar-refractivity contribution in [2.45, 2.75) is 19.9 Å². The molecule has 0 fully saturated rings. The van der Waals surface area contributed by atoms with Gasteiger partial charge >= 0.3 is 0 Å². The Morgan fingerprint density at radius 2 is 2.04 bits per heavy atom. The molecule has 126 valence electrons. The zero-order valence-electron chi connectivity index (χ0n) is 13.7. The molecule has 0 bridgehead atoms. The SMILES string of the molecule is CCNC(=NCc1ccnc2ccccc12)NCCCSC.I. The first-order chi connectivity index (χ1) is 10.8. The van der Waals surface area contributed by atoms with Gasteiger partial charge in [-0.2, -0.15) is 11.8 Å². The third kappa shape index (κ3) is 6.55. The number of aliphatic imine (C=N–C) groups is 1. The maximum absolute atomic E-state index is 4.69. The van der Waals surface area contributed by atoms with Crippen LogP contribution < -0.4 is 10.6 Å². The second kappa shape index (κ2) is 11.5. The highest BCUT2D eigenvalue weighted by molar-refractivity contribution is 14.0. The first-order valence-corrected chi connectivity index (χ1v) is 9.08. The van der Waals surface area contributed by atoms with Gasteiger partial charge in [0.1, 0.15) is 0 Å². The topological polar surface area (TPSA) is 49.3 Å². The minimum absolute atomic E-state index is 0. The van der Waals surface area contributed by atoms with Crippen LogP contribution in [0.4, 0.5) is 0 Å². The van der Waals surface area contributed by atoms with E-state index in [1.165, 1.54) is 16.7 Å². The Morgan fingerprint density at radius 1 is 1.22 bits per heavy atom. The number of pyridine rings is 1. The van der Waals surface area contributed by atoms with E-state index >= 15 is 0 Å². The predicted octanol–water partition coefficient (Wildman–Crippen LogP) is 3.66. The molecule has 0 aliphatic carbocycles. The molecule has 1 heterocycles. The van der Waals surface area contributed by atoms with E-state index in [1.54, 1.807) is 0 Å². The second-order valence-corrected chi connectivity index (χ2v) is 5.94. The first-order valence-electron chi connectivity index (χ1n) is 7.69. The van der Waals surface area contributed by atoms with Crippen molar-refractivity contribution in [3.63, 3.8) is 0 Å². The number of para-hydroxylation sites is 1. The molecule has 1 aromatic carbocycles. The van der Waals surface area contributed by atoms with Gasteiger partial charge in [0.15, 0.2) is 5.96 Å². The summed E-state index contributed by atoms with van der Waals surface area (Å²) in [4.78, 5) is 9.08. The highest BCUT2D eigenvalue weighted by Crippen LogP contribution is 2.16. The molecular weight excluding hydrogens is 419 g/mol. The van der Waals surface area contributed by atoms with Crippen molar-refractivity contribution in [1.29, 1.82) is 0 Å². The van der Waals surface area contributed by atoms with E-state index in [0.29, 0.717) is 6.54 Å². The lowest BCUT2D eigenvalue weighted by Gasteiger charge is -2.11. The molecule has 6 heteroatoms. The molecule has 4 nitrogen and oxygen atoms in total. The van der Waals surface area contributed by atoms with E-state index in [0.717, 1.165) is 31.0 Å². The van der Waals surface area contributed by atoms with Crippen molar-refractivity contribution >= 4 is 52.6 Å². The molecule has 2 aromatic rings. The van der Waals surface area contributed by atoms with E-state index in [4.69, 9.17) is 4.99 Å². The van der Waals surface area contributed by atoms with Crippen LogP contribution in [0.2, 0.25) is 0 Å². The molecule has 0 saturated heterocycles. The quantitative estimate of drug-likeness (QED) is 0.296. The number of nitrogens with zero attached hydrogens (tertiary/aromatic N) is 2. The lowest BCUT2D eigenvalue weighted by Crippen LogP contribution is -2.37. The number of thioether (sulfide) groups is 1. The van der Waals surface area contributed by atoms with Gasteiger partial charge in [0.25, 0.3) is 0 Å². The lowest BCUT2D eigenvalue weighted by atomic mass is 10.1. The van der Waals surface area contributed by atoms with Gasteiger partial charge in [-0.15, -0.1) is 24.0 Å². The van der Waals surface area contributed by atoms with E-state index in [2.05, 4.69) is 34.9 Å². The number of hydrogen-bond acceptors (Lipinski definition) is 3. The molecule has 0 aliphatic heterocycles. The summed E-state index contributed by atoms with van der Waals surface area (Å²) >= 11 is 1.87. The van der Waals surface area contributed by atoms with Crippen molar-refractivity contribution in [3.8, 4) is 0 Å². The molecule has 1 aromatic heterocycles. The molecular formula is C17H25IN4S. The maximum atomic E-state index is 4.69. The van der Waals surface area contributed by atoms with Crippen molar-refractivity contribution < 1.29 is 0 Å². The minimum atomic E-state index is 0. The fraction of sp³-hybridized carbons (Fsp3) is 0.412. The Kier molecular flexibility index (Phi) is 10.0. The second-order valence-electron chi connectivity index (χ2n) is 4.96. The Hall–Kier alpha value is -1.02. The van der Waals surface area contributed by atoms with Crippen LogP contribution >= 0.6 is 35.7 Å². The molecule has 0 amide bonds. The lowest BCUT2D eigenvalue weighted by molar-refractivity contribution is 0.790. The molecule has 0 atom stereocenters. The summed E-state index contributed by atoms with van der Waals surface area (Å²) in [5, 5.41) is 7.85. The van der Waals surface area contributed by atoms with E-state index in [1.807, 2.05) is 42.2 Å².